The zero-order valence-electron chi connectivity index (χ0n) is 26.8. The summed E-state index contributed by atoms with van der Waals surface area (Å²) in [6, 6.07) is 6.37. The highest BCUT2D eigenvalue weighted by Crippen LogP contribution is 2.67. The number of hydrogen-bond acceptors (Lipinski definition) is 7. The van der Waals surface area contributed by atoms with Crippen LogP contribution in [0.2, 0.25) is 0 Å². The molecule has 0 spiro atoms. The molecule has 2 amide bonds. The molecule has 4 aliphatic rings. The molecule has 3 saturated carbocycles. The Kier molecular flexibility index (Phi) is 8.52. The second-order valence-electron chi connectivity index (χ2n) is 14.6. The minimum atomic E-state index is -1.17. The number of nitrogens with zero attached hydrogens (tertiary/aromatic N) is 1. The predicted molar refractivity (Wildman–Crippen MR) is 172 cm³/mol. The summed E-state index contributed by atoms with van der Waals surface area (Å²) in [7, 11) is 0. The number of carbonyl (C=O) groups is 3. The lowest BCUT2D eigenvalue weighted by molar-refractivity contribution is -0.164. The molecule has 0 bridgehead atoms. The van der Waals surface area contributed by atoms with Crippen molar-refractivity contribution in [2.45, 2.75) is 89.9 Å². The summed E-state index contributed by atoms with van der Waals surface area (Å²) in [5.41, 5.74) is 2.49. The number of aromatic amines is 1. The number of H-pyrrole nitrogens is 1. The quantitative estimate of drug-likeness (QED) is 0.229. The molecule has 46 heavy (non-hydrogen) atoms. The van der Waals surface area contributed by atoms with Crippen molar-refractivity contribution in [3.05, 3.63) is 47.7 Å². The highest BCUT2D eigenvalue weighted by atomic mass is 16.6. The molecular formula is C35H46N4O7. The molecule has 4 aliphatic carbocycles. The van der Waals surface area contributed by atoms with Crippen LogP contribution >= 0.6 is 0 Å². The van der Waals surface area contributed by atoms with Crippen molar-refractivity contribution < 1.29 is 34.5 Å². The number of para-hydroxylation sites is 1. The fraction of sp³-hybridized carbons (Fsp3) is 0.600. The van der Waals surface area contributed by atoms with Gasteiger partial charge in [0.15, 0.2) is 6.61 Å². The van der Waals surface area contributed by atoms with Crippen molar-refractivity contribution in [3.63, 3.8) is 0 Å². The van der Waals surface area contributed by atoms with Crippen molar-refractivity contribution in [1.29, 1.82) is 0 Å². The Bertz CT molecular complexity index is 1580. The van der Waals surface area contributed by atoms with Crippen molar-refractivity contribution in [3.8, 4) is 0 Å². The number of carbonyl (C=O) groups excluding carboxylic acids is 2. The monoisotopic (exact) mass is 634 g/mol. The van der Waals surface area contributed by atoms with Crippen LogP contribution in [0.5, 0.6) is 0 Å². The van der Waals surface area contributed by atoms with E-state index in [4.69, 9.17) is 4.84 Å². The predicted octanol–water partition coefficient (Wildman–Crippen LogP) is 3.45. The van der Waals surface area contributed by atoms with Gasteiger partial charge >= 0.3 is 5.97 Å². The number of aromatic nitrogens is 1. The lowest BCUT2D eigenvalue weighted by Crippen LogP contribution is -2.59. The first-order valence-electron chi connectivity index (χ1n) is 16.5. The Morgan fingerprint density at radius 3 is 2.67 bits per heavy atom. The molecule has 1 aromatic carbocycles. The average Bonchev–Trinajstić information content (AvgIpc) is 3.52. The van der Waals surface area contributed by atoms with Crippen LogP contribution in [0.25, 0.3) is 10.9 Å². The second-order valence-corrected chi connectivity index (χ2v) is 14.6. The average molecular weight is 635 g/mol. The molecule has 6 N–H and O–H groups in total. The molecule has 8 atom stereocenters. The second kappa shape index (κ2) is 12.2. The number of carboxylic acids is 1. The molecule has 0 aliphatic heterocycles. The van der Waals surface area contributed by atoms with Crippen molar-refractivity contribution in [1.82, 2.24) is 15.6 Å². The third kappa shape index (κ3) is 5.72. The van der Waals surface area contributed by atoms with E-state index in [1.165, 1.54) is 5.57 Å². The number of allylic oxidation sites excluding steroid dienone is 2. The fourth-order valence-corrected chi connectivity index (χ4v) is 9.36. The van der Waals surface area contributed by atoms with Gasteiger partial charge in [0.2, 0.25) is 5.91 Å². The molecule has 8 unspecified atom stereocenters. The number of aliphatic carboxylic acids is 1. The van der Waals surface area contributed by atoms with Gasteiger partial charge in [0, 0.05) is 28.9 Å². The lowest BCUT2D eigenvalue weighted by atomic mass is 9.45. The number of aliphatic hydroxyl groups excluding tert-OH is 1. The number of amides is 2. The van der Waals surface area contributed by atoms with Crippen LogP contribution in [0, 0.1) is 28.6 Å². The smallest absolute Gasteiger partial charge is 0.326 e. The maximum absolute atomic E-state index is 12.5. The normalized spacial score (nSPS) is 35.0. The van der Waals surface area contributed by atoms with Gasteiger partial charge in [0.1, 0.15) is 6.04 Å². The summed E-state index contributed by atoms with van der Waals surface area (Å²) in [5.74, 6) is -1.41. The number of rotatable bonds is 9. The minimum Gasteiger partial charge on any atom is -0.480 e. The van der Waals surface area contributed by atoms with Crippen LogP contribution in [-0.4, -0.2) is 74.7 Å². The van der Waals surface area contributed by atoms with Gasteiger partial charge in [-0.25, -0.2) is 4.79 Å². The van der Waals surface area contributed by atoms with Crippen molar-refractivity contribution in [2.24, 2.45) is 33.7 Å². The molecule has 11 heteroatoms. The minimum absolute atomic E-state index is 0.0939. The van der Waals surface area contributed by atoms with E-state index in [0.717, 1.165) is 54.3 Å². The first-order chi connectivity index (χ1) is 21.8. The molecule has 11 nitrogen and oxygen atoms in total. The maximum atomic E-state index is 12.5. The topological polar surface area (TPSA) is 173 Å². The molecule has 0 saturated heterocycles. The summed E-state index contributed by atoms with van der Waals surface area (Å²) in [4.78, 5) is 45.1. The van der Waals surface area contributed by atoms with Crippen LogP contribution < -0.4 is 10.6 Å². The highest BCUT2D eigenvalue weighted by molar-refractivity contribution is 5.96. The third-order valence-electron chi connectivity index (χ3n) is 12.0. The first kappa shape index (κ1) is 32.2. The van der Waals surface area contributed by atoms with E-state index < -0.39 is 35.5 Å². The fourth-order valence-electron chi connectivity index (χ4n) is 9.36. The number of benzene rings is 1. The standard InChI is InChI=1S/C35H46N4O7/c1-33-12-10-22(15-21(33)8-9-24-25-11-13-35(3,45)34(25,2)16-28(40)31(24)33)39-46-19-30(42)37-18-29(41)38-27(32(43)44)14-20-17-36-26-7-5-4-6-23(20)26/h4-7,15,17,24-25,27-28,31,36,40,45H,8-14,16,18-19H2,1-3H3,(H,37,42)(H,38,41)(H,43,44). The third-order valence-corrected chi connectivity index (χ3v) is 12.0. The van der Waals surface area contributed by atoms with E-state index in [1.807, 2.05) is 31.2 Å². The molecule has 1 heterocycles. The summed E-state index contributed by atoms with van der Waals surface area (Å²) in [6.45, 7) is 5.61. The Hall–Kier alpha value is -3.70. The van der Waals surface area contributed by atoms with E-state index in [1.54, 1.807) is 6.20 Å². The molecule has 2 aromatic rings. The zero-order chi connectivity index (χ0) is 32.9. The highest BCUT2D eigenvalue weighted by Gasteiger charge is 2.64. The molecule has 3 fully saturated rings. The number of carboxylic acid groups (broad SMARTS) is 1. The van der Waals surface area contributed by atoms with E-state index in [9.17, 15) is 29.7 Å². The zero-order valence-corrected chi connectivity index (χ0v) is 26.8. The summed E-state index contributed by atoms with van der Waals surface area (Å²) < 4.78 is 0. The van der Waals surface area contributed by atoms with Crippen LogP contribution in [0.4, 0.5) is 0 Å². The van der Waals surface area contributed by atoms with Crippen LogP contribution in [0.3, 0.4) is 0 Å². The molecule has 1 aromatic heterocycles. The van der Waals surface area contributed by atoms with Gasteiger partial charge in [-0.1, -0.05) is 42.8 Å². The largest absolute Gasteiger partial charge is 0.480 e. The number of hydrogen-bond donors (Lipinski definition) is 6. The number of fused-ring (bicyclic) bond motifs is 6. The van der Waals surface area contributed by atoms with E-state index in [2.05, 4.69) is 40.7 Å². The van der Waals surface area contributed by atoms with Gasteiger partial charge in [-0.3, -0.25) is 9.59 Å². The Labute approximate surface area is 268 Å². The van der Waals surface area contributed by atoms with Gasteiger partial charge in [-0.2, -0.15) is 0 Å². The van der Waals surface area contributed by atoms with Gasteiger partial charge < -0.3 is 35.8 Å². The summed E-state index contributed by atoms with van der Waals surface area (Å²) in [6.07, 6.45) is 9.19. The molecule has 0 radical (unpaired) electrons. The van der Waals surface area contributed by atoms with E-state index in [-0.39, 0.29) is 36.3 Å². The molecule has 6 rings (SSSR count). The molecule has 248 valence electrons. The van der Waals surface area contributed by atoms with E-state index in [0.29, 0.717) is 24.7 Å². The van der Waals surface area contributed by atoms with E-state index >= 15 is 0 Å². The first-order valence-corrected chi connectivity index (χ1v) is 16.5. The van der Waals surface area contributed by atoms with Gasteiger partial charge in [-0.15, -0.1) is 0 Å². The van der Waals surface area contributed by atoms with Crippen molar-refractivity contribution in [2.75, 3.05) is 13.2 Å². The number of aliphatic hydroxyl groups is 2. The van der Waals surface area contributed by atoms with Crippen molar-refractivity contribution >= 4 is 34.4 Å². The lowest BCUT2D eigenvalue weighted by Gasteiger charge is -2.60. The summed E-state index contributed by atoms with van der Waals surface area (Å²) in [5, 5.41) is 42.4. The Morgan fingerprint density at radius 2 is 1.89 bits per heavy atom. The maximum Gasteiger partial charge on any atom is 0.326 e. The number of oxime groups is 1. The van der Waals surface area contributed by atoms with Crippen LogP contribution in [0.1, 0.15) is 71.3 Å². The number of nitrogens with one attached hydrogen (secondary N) is 3. The van der Waals surface area contributed by atoms with Crippen LogP contribution in [0.15, 0.2) is 47.3 Å². The van der Waals surface area contributed by atoms with Gasteiger partial charge in [-0.05, 0) is 92.7 Å². The molecular weight excluding hydrogens is 588 g/mol. The Balaban J connectivity index is 0.998. The summed E-state index contributed by atoms with van der Waals surface area (Å²) >= 11 is 0. The van der Waals surface area contributed by atoms with Gasteiger partial charge in [0.05, 0.1) is 24.0 Å². The van der Waals surface area contributed by atoms with Gasteiger partial charge in [0.25, 0.3) is 5.91 Å². The SMILES string of the molecule is CC12CCC(=NOCC(=O)NCC(=O)NC(Cc3c[nH]c4ccccc34)C(=O)O)C=C1CCC1C2C(O)CC2(C)C1CCC2(C)O. The van der Waals surface area contributed by atoms with Crippen LogP contribution in [-0.2, 0) is 25.6 Å². The Morgan fingerprint density at radius 1 is 1.11 bits per heavy atom.